The highest BCUT2D eigenvalue weighted by molar-refractivity contribution is 7.86. The monoisotopic (exact) mass is 509 g/mol. The van der Waals surface area contributed by atoms with Gasteiger partial charge in [-0.3, -0.25) is 4.72 Å². The van der Waals surface area contributed by atoms with Crippen molar-refractivity contribution < 1.29 is 44.4 Å². The van der Waals surface area contributed by atoms with Crippen LogP contribution in [0, 0.1) is 5.82 Å². The van der Waals surface area contributed by atoms with Crippen molar-refractivity contribution in [3.63, 3.8) is 0 Å². The van der Waals surface area contributed by atoms with Crippen LogP contribution in [-0.4, -0.2) is 33.2 Å². The molecule has 0 spiro atoms. The van der Waals surface area contributed by atoms with Crippen molar-refractivity contribution in [2.75, 3.05) is 17.6 Å². The van der Waals surface area contributed by atoms with Gasteiger partial charge in [0.15, 0.2) is 0 Å². The summed E-state index contributed by atoms with van der Waals surface area (Å²) in [5.74, 6) is -3.23. The molecule has 0 aliphatic carbocycles. The molecule has 2 heterocycles. The van der Waals surface area contributed by atoms with Crippen LogP contribution in [0.2, 0.25) is 0 Å². The number of benzene rings is 1. The maximum atomic E-state index is 14.5. The standard InChI is InChI=1S/C20H14F7N3O3S/c1-32-18-15(30-34(31)10-19(22,23)24)7-11(9-28-18)17-14(21)5-6-16(29-17)33-13-4-2-3-12(8-13)20(25,26)27/h2-9,30H,10H2,1H3. The summed E-state index contributed by atoms with van der Waals surface area (Å²) in [6.07, 6.45) is -8.22. The van der Waals surface area contributed by atoms with Crippen LogP contribution >= 0.6 is 0 Å². The number of rotatable bonds is 7. The largest absolute Gasteiger partial charge is 0.480 e. The normalized spacial score (nSPS) is 12.8. The van der Waals surface area contributed by atoms with E-state index in [-0.39, 0.29) is 34.5 Å². The van der Waals surface area contributed by atoms with Crippen molar-refractivity contribution in [2.24, 2.45) is 0 Å². The highest BCUT2D eigenvalue weighted by Gasteiger charge is 2.32. The number of aromatic nitrogens is 2. The number of methoxy groups -OCH3 is 1. The van der Waals surface area contributed by atoms with Crippen LogP contribution in [0.25, 0.3) is 11.3 Å². The number of nitrogens with one attached hydrogen (secondary N) is 1. The average Bonchev–Trinajstić information content (AvgIpc) is 2.73. The van der Waals surface area contributed by atoms with Crippen LogP contribution in [0.15, 0.2) is 48.7 Å². The van der Waals surface area contributed by atoms with Gasteiger partial charge in [0.25, 0.3) is 0 Å². The molecule has 0 fully saturated rings. The molecule has 0 aliphatic rings. The predicted octanol–water partition coefficient (Wildman–Crippen LogP) is 5.74. The minimum atomic E-state index is -4.71. The van der Waals surface area contributed by atoms with E-state index >= 15 is 0 Å². The maximum absolute atomic E-state index is 14.5. The van der Waals surface area contributed by atoms with Gasteiger partial charge in [0.2, 0.25) is 11.8 Å². The lowest BCUT2D eigenvalue weighted by atomic mass is 10.1. The van der Waals surface area contributed by atoms with E-state index in [0.29, 0.717) is 0 Å². The first-order chi connectivity index (χ1) is 15.9. The molecular formula is C20H14F7N3O3S. The number of pyridine rings is 2. The SMILES string of the molecule is COc1ncc(-c2nc(Oc3cccc(C(F)(F)F)c3)ccc2F)cc1NS(=O)CC(F)(F)F. The summed E-state index contributed by atoms with van der Waals surface area (Å²) in [5, 5.41) is 0. The molecule has 1 unspecified atom stereocenters. The van der Waals surface area contributed by atoms with Crippen LogP contribution in [-0.2, 0) is 17.2 Å². The van der Waals surface area contributed by atoms with Gasteiger partial charge in [-0.2, -0.15) is 26.3 Å². The molecule has 34 heavy (non-hydrogen) atoms. The van der Waals surface area contributed by atoms with E-state index in [4.69, 9.17) is 9.47 Å². The Morgan fingerprint density at radius 2 is 1.79 bits per heavy atom. The molecule has 0 radical (unpaired) electrons. The lowest BCUT2D eigenvalue weighted by molar-refractivity contribution is -0.137. The number of anilines is 1. The number of hydrogen-bond acceptors (Lipinski definition) is 5. The second-order valence-corrected chi connectivity index (χ2v) is 7.78. The first kappa shape index (κ1) is 25.2. The summed E-state index contributed by atoms with van der Waals surface area (Å²) < 4.78 is 115. The lowest BCUT2D eigenvalue weighted by Gasteiger charge is -2.13. The predicted molar refractivity (Wildman–Crippen MR) is 108 cm³/mol. The molecule has 0 aliphatic heterocycles. The van der Waals surface area contributed by atoms with Gasteiger partial charge in [0, 0.05) is 17.8 Å². The molecule has 1 aromatic carbocycles. The minimum Gasteiger partial charge on any atom is -0.480 e. The second kappa shape index (κ2) is 9.83. The van der Waals surface area contributed by atoms with Gasteiger partial charge in [0.05, 0.1) is 12.7 Å². The minimum absolute atomic E-state index is 0.0562. The number of ether oxygens (including phenoxy) is 2. The van der Waals surface area contributed by atoms with Crippen LogP contribution in [0.5, 0.6) is 17.5 Å². The topological polar surface area (TPSA) is 73.3 Å². The van der Waals surface area contributed by atoms with Crippen molar-refractivity contribution in [1.29, 1.82) is 0 Å². The molecule has 2 aromatic heterocycles. The van der Waals surface area contributed by atoms with Crippen LogP contribution in [0.3, 0.4) is 0 Å². The average molecular weight is 509 g/mol. The summed E-state index contributed by atoms with van der Waals surface area (Å²) in [5.41, 5.74) is -1.62. The van der Waals surface area contributed by atoms with E-state index in [1.807, 2.05) is 0 Å². The molecule has 1 N–H and O–H groups in total. The molecule has 3 aromatic rings. The van der Waals surface area contributed by atoms with Gasteiger partial charge >= 0.3 is 12.4 Å². The summed E-state index contributed by atoms with van der Waals surface area (Å²) in [6.45, 7) is 0. The molecule has 1 atom stereocenters. The van der Waals surface area contributed by atoms with Gasteiger partial charge in [-0.1, -0.05) is 6.07 Å². The fraction of sp³-hybridized carbons (Fsp3) is 0.200. The van der Waals surface area contributed by atoms with Gasteiger partial charge in [0.1, 0.15) is 39.7 Å². The molecule has 0 bridgehead atoms. The third kappa shape index (κ3) is 6.56. The van der Waals surface area contributed by atoms with Crippen molar-refractivity contribution in [2.45, 2.75) is 12.4 Å². The van der Waals surface area contributed by atoms with Crippen molar-refractivity contribution in [3.8, 4) is 28.8 Å². The van der Waals surface area contributed by atoms with Crippen molar-refractivity contribution >= 4 is 16.7 Å². The zero-order valence-electron chi connectivity index (χ0n) is 17.0. The Hall–Kier alpha value is -3.42. The van der Waals surface area contributed by atoms with Crippen LogP contribution in [0.1, 0.15) is 5.56 Å². The molecule has 3 rings (SSSR count). The highest BCUT2D eigenvalue weighted by Crippen LogP contribution is 2.34. The zero-order valence-corrected chi connectivity index (χ0v) is 17.8. The summed E-state index contributed by atoms with van der Waals surface area (Å²) in [6, 6.07) is 7.06. The first-order valence-electron chi connectivity index (χ1n) is 9.13. The van der Waals surface area contributed by atoms with Crippen molar-refractivity contribution in [3.05, 3.63) is 60.0 Å². The molecule has 14 heteroatoms. The lowest BCUT2D eigenvalue weighted by Crippen LogP contribution is -2.23. The Morgan fingerprint density at radius 3 is 2.44 bits per heavy atom. The smallest absolute Gasteiger partial charge is 0.416 e. The van der Waals surface area contributed by atoms with Crippen LogP contribution in [0.4, 0.5) is 36.4 Å². The number of alkyl halides is 6. The van der Waals surface area contributed by atoms with Gasteiger partial charge in [-0.05, 0) is 30.3 Å². The van der Waals surface area contributed by atoms with E-state index in [0.717, 1.165) is 42.6 Å². The molecule has 0 amide bonds. The fourth-order valence-corrected chi connectivity index (χ4v) is 3.43. The number of halogens is 7. The van der Waals surface area contributed by atoms with Gasteiger partial charge in [-0.25, -0.2) is 18.6 Å². The highest BCUT2D eigenvalue weighted by atomic mass is 32.2. The van der Waals surface area contributed by atoms with Crippen LogP contribution < -0.4 is 14.2 Å². The van der Waals surface area contributed by atoms with Crippen molar-refractivity contribution in [1.82, 2.24) is 9.97 Å². The van der Waals surface area contributed by atoms with E-state index in [9.17, 15) is 34.9 Å². The Morgan fingerprint density at radius 1 is 1.06 bits per heavy atom. The Kier molecular flexibility index (Phi) is 7.29. The van der Waals surface area contributed by atoms with E-state index in [1.165, 1.54) is 13.2 Å². The van der Waals surface area contributed by atoms with E-state index in [1.54, 1.807) is 0 Å². The van der Waals surface area contributed by atoms with Gasteiger partial charge < -0.3 is 9.47 Å². The molecule has 0 saturated carbocycles. The summed E-state index contributed by atoms with van der Waals surface area (Å²) in [4.78, 5) is 7.77. The second-order valence-electron chi connectivity index (χ2n) is 6.60. The Bertz CT molecular complexity index is 1200. The number of hydrogen-bond donors (Lipinski definition) is 1. The molecule has 0 saturated heterocycles. The quantitative estimate of drug-likeness (QED) is 0.412. The summed E-state index contributed by atoms with van der Waals surface area (Å²) >= 11 is 0. The maximum Gasteiger partial charge on any atom is 0.416 e. The molecular weight excluding hydrogens is 495 g/mol. The first-order valence-corrected chi connectivity index (χ1v) is 10.5. The zero-order chi connectivity index (χ0) is 25.1. The molecule has 6 nitrogen and oxygen atoms in total. The third-order valence-electron chi connectivity index (χ3n) is 4.04. The molecule has 182 valence electrons. The Balaban J connectivity index is 1.92. The number of nitrogens with zero attached hydrogens (tertiary/aromatic N) is 2. The Labute approximate surface area is 190 Å². The van der Waals surface area contributed by atoms with E-state index < -0.39 is 40.5 Å². The fourth-order valence-electron chi connectivity index (χ4n) is 2.67. The third-order valence-corrected chi connectivity index (χ3v) is 5.08. The van der Waals surface area contributed by atoms with E-state index in [2.05, 4.69) is 14.7 Å². The summed E-state index contributed by atoms with van der Waals surface area (Å²) in [7, 11) is -1.42. The van der Waals surface area contributed by atoms with Gasteiger partial charge in [-0.15, -0.1) is 0 Å².